The van der Waals surface area contributed by atoms with E-state index < -0.39 is 17.6 Å². The van der Waals surface area contributed by atoms with Crippen molar-refractivity contribution in [2.24, 2.45) is 0 Å². The number of rotatable bonds is 8. The zero-order chi connectivity index (χ0) is 24.0. The van der Waals surface area contributed by atoms with Gasteiger partial charge in [-0.2, -0.15) is 5.26 Å². The molecule has 0 spiro atoms. The smallest absolute Gasteiger partial charge is 0.254 e. The van der Waals surface area contributed by atoms with Gasteiger partial charge >= 0.3 is 0 Å². The predicted octanol–water partition coefficient (Wildman–Crippen LogP) is 4.35. The van der Waals surface area contributed by atoms with Crippen LogP contribution in [-0.4, -0.2) is 35.6 Å². The number of nitrogens with one attached hydrogen (secondary N) is 2. The number of nitrogens with zero attached hydrogens (tertiary/aromatic N) is 2. The fourth-order valence-corrected chi connectivity index (χ4v) is 4.60. The first kappa shape index (κ1) is 24.1. The number of carbonyl (C=O) groups excluding carboxylic acids is 2. The maximum atomic E-state index is 13.2. The van der Waals surface area contributed by atoms with E-state index in [0.29, 0.717) is 40.8 Å². The number of thioether (sulfide) groups is 1. The molecule has 1 aliphatic heterocycles. The van der Waals surface area contributed by atoms with E-state index in [0.717, 1.165) is 0 Å². The maximum Gasteiger partial charge on any atom is 0.254 e. The van der Waals surface area contributed by atoms with Crippen LogP contribution in [0, 0.1) is 17.1 Å². The number of nitriles is 1. The summed E-state index contributed by atoms with van der Waals surface area (Å²) in [5.74, 6) is -1.05. The van der Waals surface area contributed by atoms with Crippen molar-refractivity contribution in [2.45, 2.75) is 26.7 Å². The van der Waals surface area contributed by atoms with E-state index in [4.69, 9.17) is 4.42 Å². The van der Waals surface area contributed by atoms with Gasteiger partial charge in [0.25, 0.3) is 5.91 Å². The van der Waals surface area contributed by atoms with Gasteiger partial charge < -0.3 is 20.0 Å². The van der Waals surface area contributed by atoms with Crippen LogP contribution in [0.1, 0.15) is 32.4 Å². The molecule has 1 aliphatic rings. The molecule has 0 radical (unpaired) electrons. The first-order valence-electron chi connectivity index (χ1n) is 10.5. The Hall–Kier alpha value is -3.51. The Bertz CT molecular complexity index is 1110. The van der Waals surface area contributed by atoms with Crippen molar-refractivity contribution in [3.8, 4) is 6.07 Å². The topological polar surface area (TPSA) is 98.4 Å². The van der Waals surface area contributed by atoms with Gasteiger partial charge in [0.2, 0.25) is 5.91 Å². The monoisotopic (exact) mass is 468 g/mol. The van der Waals surface area contributed by atoms with Gasteiger partial charge in [0.15, 0.2) is 0 Å². The van der Waals surface area contributed by atoms with E-state index in [1.54, 1.807) is 24.0 Å². The number of benzene rings is 1. The third kappa shape index (κ3) is 5.46. The fraction of sp³-hybridized carbons (Fsp3) is 0.292. The Morgan fingerprint density at radius 2 is 1.94 bits per heavy atom. The molecule has 3 rings (SSSR count). The van der Waals surface area contributed by atoms with Gasteiger partial charge in [-0.05, 0) is 57.2 Å². The summed E-state index contributed by atoms with van der Waals surface area (Å²) >= 11 is 1.23. The zero-order valence-corrected chi connectivity index (χ0v) is 19.5. The molecule has 2 heterocycles. The van der Waals surface area contributed by atoms with Crippen LogP contribution in [0.5, 0.6) is 0 Å². The molecule has 9 heteroatoms. The number of allylic oxidation sites excluding steroid dienone is 2. The van der Waals surface area contributed by atoms with Crippen molar-refractivity contribution >= 4 is 29.3 Å². The minimum absolute atomic E-state index is 0.0346. The summed E-state index contributed by atoms with van der Waals surface area (Å²) in [5.41, 5.74) is 1.56. The highest BCUT2D eigenvalue weighted by atomic mass is 32.2. The predicted molar refractivity (Wildman–Crippen MR) is 125 cm³/mol. The van der Waals surface area contributed by atoms with Crippen molar-refractivity contribution in [2.75, 3.05) is 24.2 Å². The normalized spacial score (nSPS) is 15.7. The van der Waals surface area contributed by atoms with Gasteiger partial charge in [-0.3, -0.25) is 9.59 Å². The van der Waals surface area contributed by atoms with Crippen molar-refractivity contribution in [3.05, 3.63) is 76.1 Å². The van der Waals surface area contributed by atoms with Crippen molar-refractivity contribution in [3.63, 3.8) is 0 Å². The number of anilines is 1. The van der Waals surface area contributed by atoms with Crippen LogP contribution in [-0.2, 0) is 9.59 Å². The molecule has 1 atom stereocenters. The van der Waals surface area contributed by atoms with Crippen LogP contribution in [0.15, 0.2) is 69.0 Å². The molecular formula is C24H25FN4O3S. The van der Waals surface area contributed by atoms with E-state index in [-0.39, 0.29) is 17.2 Å². The molecule has 0 bridgehead atoms. The Balaban J connectivity index is 1.93. The van der Waals surface area contributed by atoms with Crippen LogP contribution in [0.4, 0.5) is 10.1 Å². The molecule has 1 aromatic heterocycles. The molecule has 0 saturated carbocycles. The van der Waals surface area contributed by atoms with Gasteiger partial charge in [-0.25, -0.2) is 4.39 Å². The number of amides is 2. The molecule has 172 valence electrons. The number of carbonyl (C=O) groups is 2. The highest BCUT2D eigenvalue weighted by molar-refractivity contribution is 8.03. The third-order valence-electron chi connectivity index (χ3n) is 5.28. The van der Waals surface area contributed by atoms with Crippen LogP contribution >= 0.6 is 11.8 Å². The lowest BCUT2D eigenvalue weighted by molar-refractivity contribution is -0.128. The summed E-state index contributed by atoms with van der Waals surface area (Å²) in [7, 11) is 0. The first-order chi connectivity index (χ1) is 15.9. The Kier molecular flexibility index (Phi) is 7.96. The molecule has 2 aromatic rings. The summed E-state index contributed by atoms with van der Waals surface area (Å²) in [6.07, 6.45) is 1.48. The second-order valence-corrected chi connectivity index (χ2v) is 8.27. The molecule has 0 fully saturated rings. The summed E-state index contributed by atoms with van der Waals surface area (Å²) in [4.78, 5) is 27.4. The van der Waals surface area contributed by atoms with Crippen LogP contribution < -0.4 is 10.6 Å². The molecule has 0 saturated heterocycles. The summed E-state index contributed by atoms with van der Waals surface area (Å²) < 4.78 is 18.8. The molecule has 1 aromatic carbocycles. The van der Waals surface area contributed by atoms with Gasteiger partial charge in [0, 0.05) is 24.5 Å². The standard InChI is InChI=1S/C24H25FN4O3S/c1-4-29(5-2)20(30)14-33-24-18(13-26)22(19-7-6-12-32-19)21(15(3)27-24)23(31)28-17-10-8-16(25)9-11-17/h6-12,22,27H,4-5,14H2,1-3H3,(H,28,31)/t22-/m1/s1. The Labute approximate surface area is 196 Å². The minimum atomic E-state index is -0.752. The van der Waals surface area contributed by atoms with Crippen LogP contribution in [0.25, 0.3) is 0 Å². The quantitative estimate of drug-likeness (QED) is 0.598. The lowest BCUT2D eigenvalue weighted by atomic mass is 9.85. The van der Waals surface area contributed by atoms with Crippen molar-refractivity contribution in [1.82, 2.24) is 10.2 Å². The largest absolute Gasteiger partial charge is 0.468 e. The summed E-state index contributed by atoms with van der Waals surface area (Å²) in [6, 6.07) is 11.0. The molecule has 33 heavy (non-hydrogen) atoms. The Morgan fingerprint density at radius 1 is 1.24 bits per heavy atom. The average molecular weight is 469 g/mol. The minimum Gasteiger partial charge on any atom is -0.468 e. The van der Waals surface area contributed by atoms with Gasteiger partial charge in [0.1, 0.15) is 11.6 Å². The second-order valence-electron chi connectivity index (χ2n) is 7.28. The number of furan rings is 1. The van der Waals surface area contributed by atoms with Crippen LogP contribution in [0.2, 0.25) is 0 Å². The maximum absolute atomic E-state index is 13.2. The van der Waals surface area contributed by atoms with E-state index in [2.05, 4.69) is 16.7 Å². The summed E-state index contributed by atoms with van der Waals surface area (Å²) in [5, 5.41) is 16.4. The van der Waals surface area contributed by atoms with E-state index in [1.165, 1.54) is 42.3 Å². The fourth-order valence-electron chi connectivity index (χ4n) is 3.60. The highest BCUT2D eigenvalue weighted by Gasteiger charge is 2.36. The SMILES string of the molecule is CCN(CC)C(=O)CSC1=C(C#N)[C@H](c2ccco2)C(C(=O)Nc2ccc(F)cc2)=C(C)N1. The highest BCUT2D eigenvalue weighted by Crippen LogP contribution is 2.41. The lowest BCUT2D eigenvalue weighted by Gasteiger charge is -2.28. The van der Waals surface area contributed by atoms with E-state index in [9.17, 15) is 19.2 Å². The molecule has 0 aliphatic carbocycles. The molecular weight excluding hydrogens is 443 g/mol. The van der Waals surface area contributed by atoms with Crippen molar-refractivity contribution in [1.29, 1.82) is 5.26 Å². The number of dihydropyridines is 1. The van der Waals surface area contributed by atoms with E-state index >= 15 is 0 Å². The van der Waals surface area contributed by atoms with Gasteiger partial charge in [-0.1, -0.05) is 11.8 Å². The van der Waals surface area contributed by atoms with E-state index in [1.807, 2.05) is 13.8 Å². The average Bonchev–Trinajstić information content (AvgIpc) is 3.34. The summed E-state index contributed by atoms with van der Waals surface area (Å²) in [6.45, 7) is 6.77. The molecule has 2 N–H and O–H groups in total. The first-order valence-corrected chi connectivity index (χ1v) is 11.5. The molecule has 0 unspecified atom stereocenters. The van der Waals surface area contributed by atoms with Crippen molar-refractivity contribution < 1.29 is 18.4 Å². The number of halogens is 1. The van der Waals surface area contributed by atoms with Gasteiger partial charge in [-0.15, -0.1) is 0 Å². The zero-order valence-electron chi connectivity index (χ0n) is 18.6. The molecule has 7 nitrogen and oxygen atoms in total. The lowest BCUT2D eigenvalue weighted by Crippen LogP contribution is -2.33. The Morgan fingerprint density at radius 3 is 2.52 bits per heavy atom. The third-order valence-corrected chi connectivity index (χ3v) is 6.28. The number of hydrogen-bond acceptors (Lipinski definition) is 6. The second kappa shape index (κ2) is 10.9. The molecule has 2 amide bonds. The van der Waals surface area contributed by atoms with Crippen LogP contribution in [0.3, 0.4) is 0 Å². The number of hydrogen-bond donors (Lipinski definition) is 2. The van der Waals surface area contributed by atoms with Gasteiger partial charge in [0.05, 0.1) is 40.2 Å².